The molecule has 2 aromatic heterocycles. The first-order valence-electron chi connectivity index (χ1n) is 16.4. The Kier molecular flexibility index (Phi) is 12.7. The molecule has 0 unspecified atom stereocenters. The van der Waals surface area contributed by atoms with Crippen LogP contribution in [0.25, 0.3) is 0 Å². The van der Waals surface area contributed by atoms with E-state index in [1.165, 1.54) is 54.7 Å². The summed E-state index contributed by atoms with van der Waals surface area (Å²) in [5, 5.41) is 6.75. The number of anilines is 2. The van der Waals surface area contributed by atoms with E-state index in [9.17, 15) is 19.2 Å². The maximum absolute atomic E-state index is 13.4. The van der Waals surface area contributed by atoms with Gasteiger partial charge in [0, 0.05) is 60.9 Å². The lowest BCUT2D eigenvalue weighted by molar-refractivity contribution is -0.124. The third-order valence-electron chi connectivity index (χ3n) is 8.07. The predicted molar refractivity (Wildman–Crippen MR) is 219 cm³/mol. The molecule has 16 heteroatoms. The number of thiocarbonyl (C=S) groups is 2. The number of thiazole rings is 2. The summed E-state index contributed by atoms with van der Waals surface area (Å²) >= 11 is 15.9. The van der Waals surface area contributed by atoms with E-state index < -0.39 is 0 Å². The fourth-order valence-electron chi connectivity index (χ4n) is 5.32. The van der Waals surface area contributed by atoms with Crippen molar-refractivity contribution in [3.63, 3.8) is 0 Å². The molecule has 52 heavy (non-hydrogen) atoms. The highest BCUT2D eigenvalue weighted by Gasteiger charge is 2.41. The normalized spacial score (nSPS) is 16.0. The van der Waals surface area contributed by atoms with Gasteiger partial charge in [0.2, 0.25) is 11.8 Å². The highest BCUT2D eigenvalue weighted by Crippen LogP contribution is 2.42. The lowest BCUT2D eigenvalue weighted by Gasteiger charge is -2.14. The molecular weight excluding hydrogens is 773 g/mol. The van der Waals surface area contributed by atoms with Crippen LogP contribution in [0.3, 0.4) is 0 Å². The van der Waals surface area contributed by atoms with Gasteiger partial charge >= 0.3 is 0 Å². The SMILES string of the molecule is Cc1ccc(Cc2cnc(NC(=O)CCCN3C(=O)C(=C4SC(=S)N(CCCC(=O)Nc5ncc(Cc6ccc(C)cc6)s5)C4=O)SC3=S)s2)cc1. The van der Waals surface area contributed by atoms with Crippen LogP contribution >= 0.6 is 70.6 Å². The second-order valence-corrected chi connectivity index (χ2v) is 17.7. The maximum Gasteiger partial charge on any atom is 0.267 e. The molecular formula is C36H34N6O4S6. The van der Waals surface area contributed by atoms with E-state index in [1.54, 1.807) is 12.4 Å². The van der Waals surface area contributed by atoms with E-state index in [0.29, 0.717) is 31.7 Å². The summed E-state index contributed by atoms with van der Waals surface area (Å²) in [5.74, 6) is -1.15. The highest BCUT2D eigenvalue weighted by atomic mass is 32.2. The number of carbonyl (C=O) groups excluding carboxylic acids is 4. The van der Waals surface area contributed by atoms with Gasteiger partial charge in [0.15, 0.2) is 10.3 Å². The average molecular weight is 807 g/mol. The zero-order chi connectivity index (χ0) is 36.8. The van der Waals surface area contributed by atoms with E-state index in [0.717, 1.165) is 46.1 Å². The van der Waals surface area contributed by atoms with Crippen LogP contribution in [0, 0.1) is 13.8 Å². The summed E-state index contributed by atoms with van der Waals surface area (Å²) in [6.45, 7) is 4.57. The number of benzene rings is 2. The van der Waals surface area contributed by atoms with Crippen LogP contribution in [0.1, 0.15) is 57.7 Å². The molecule has 0 radical (unpaired) electrons. The second kappa shape index (κ2) is 17.4. The molecule has 268 valence electrons. The quantitative estimate of drug-likeness (QED) is 0.0980. The first kappa shape index (κ1) is 37.9. The van der Waals surface area contributed by atoms with Crippen molar-refractivity contribution in [2.24, 2.45) is 0 Å². The number of hydrogen-bond donors (Lipinski definition) is 2. The minimum atomic E-state index is -0.374. The summed E-state index contributed by atoms with van der Waals surface area (Å²) in [6, 6.07) is 16.6. The van der Waals surface area contributed by atoms with Gasteiger partial charge in [-0.2, -0.15) is 0 Å². The van der Waals surface area contributed by atoms with Crippen molar-refractivity contribution in [1.82, 2.24) is 19.8 Å². The Morgan fingerprint density at radius 2 is 1.04 bits per heavy atom. The molecule has 0 aliphatic carbocycles. The fraction of sp³-hybridized carbons (Fsp3) is 0.278. The molecule has 2 N–H and O–H groups in total. The van der Waals surface area contributed by atoms with Crippen molar-refractivity contribution >= 4 is 113 Å². The molecule has 2 aromatic carbocycles. The molecule has 0 bridgehead atoms. The molecule has 2 aliphatic rings. The zero-order valence-electron chi connectivity index (χ0n) is 28.3. The minimum absolute atomic E-state index is 0.173. The molecule has 10 nitrogen and oxygen atoms in total. The number of thioether (sulfide) groups is 2. The summed E-state index contributed by atoms with van der Waals surface area (Å²) in [5.41, 5.74) is 4.75. The molecule has 6 rings (SSSR count). The van der Waals surface area contributed by atoms with Crippen LogP contribution in [0.4, 0.5) is 10.3 Å². The Morgan fingerprint density at radius 1 is 0.654 bits per heavy atom. The molecule has 2 aliphatic heterocycles. The number of aryl methyl sites for hydroxylation is 2. The molecule has 0 spiro atoms. The number of aromatic nitrogens is 2. The lowest BCUT2D eigenvalue weighted by Crippen LogP contribution is -2.31. The van der Waals surface area contributed by atoms with E-state index in [-0.39, 0.29) is 59.4 Å². The van der Waals surface area contributed by atoms with Gasteiger partial charge in [0.05, 0.1) is 9.81 Å². The van der Waals surface area contributed by atoms with Gasteiger partial charge in [-0.3, -0.25) is 29.0 Å². The molecule has 2 fully saturated rings. The number of amides is 4. The number of rotatable bonds is 14. The van der Waals surface area contributed by atoms with E-state index in [4.69, 9.17) is 24.4 Å². The first-order valence-corrected chi connectivity index (χ1v) is 20.5. The Morgan fingerprint density at radius 3 is 1.42 bits per heavy atom. The van der Waals surface area contributed by atoms with Crippen molar-refractivity contribution in [1.29, 1.82) is 0 Å². The second-order valence-electron chi connectivity index (χ2n) is 12.2. The van der Waals surface area contributed by atoms with Crippen molar-refractivity contribution in [2.75, 3.05) is 23.7 Å². The van der Waals surface area contributed by atoms with Gasteiger partial charge in [0.1, 0.15) is 8.64 Å². The third-order valence-corrected chi connectivity index (χ3v) is 12.9. The van der Waals surface area contributed by atoms with E-state index in [2.05, 4.69) is 69.1 Å². The van der Waals surface area contributed by atoms with Crippen molar-refractivity contribution in [2.45, 2.75) is 52.4 Å². The molecule has 4 amide bonds. The topological polar surface area (TPSA) is 125 Å². The van der Waals surface area contributed by atoms with Crippen molar-refractivity contribution in [3.05, 3.63) is 103 Å². The Balaban J connectivity index is 0.934. The average Bonchev–Trinajstić information content (AvgIpc) is 3.88. The number of hydrogen-bond acceptors (Lipinski definition) is 12. The van der Waals surface area contributed by atoms with Crippen molar-refractivity contribution in [3.8, 4) is 0 Å². The highest BCUT2D eigenvalue weighted by molar-refractivity contribution is 8.29. The maximum atomic E-state index is 13.4. The summed E-state index contributed by atoms with van der Waals surface area (Å²) in [6.07, 6.45) is 6.12. The predicted octanol–water partition coefficient (Wildman–Crippen LogP) is 7.47. The van der Waals surface area contributed by atoms with Crippen LogP contribution in [0.5, 0.6) is 0 Å². The Bertz CT molecular complexity index is 1910. The molecule has 2 saturated heterocycles. The van der Waals surface area contributed by atoms with E-state index >= 15 is 0 Å². The van der Waals surface area contributed by atoms with Crippen LogP contribution in [0.2, 0.25) is 0 Å². The summed E-state index contributed by atoms with van der Waals surface area (Å²) in [7, 11) is 0. The van der Waals surface area contributed by atoms with Gasteiger partial charge < -0.3 is 10.6 Å². The van der Waals surface area contributed by atoms with Gasteiger partial charge in [-0.25, -0.2) is 9.97 Å². The van der Waals surface area contributed by atoms with Crippen LogP contribution < -0.4 is 10.6 Å². The molecule has 0 saturated carbocycles. The van der Waals surface area contributed by atoms with Gasteiger partial charge in [-0.15, -0.1) is 22.7 Å². The summed E-state index contributed by atoms with van der Waals surface area (Å²) < 4.78 is 0.652. The third kappa shape index (κ3) is 9.79. The Hall–Kier alpha value is -3.80. The molecule has 4 aromatic rings. The van der Waals surface area contributed by atoms with Gasteiger partial charge in [-0.1, -0.05) is 108 Å². The minimum Gasteiger partial charge on any atom is -0.302 e. The number of nitrogens with one attached hydrogen (secondary N) is 2. The molecule has 0 atom stereocenters. The van der Waals surface area contributed by atoms with Crippen LogP contribution in [0.15, 0.2) is 70.7 Å². The molecule has 4 heterocycles. The van der Waals surface area contributed by atoms with E-state index in [1.807, 2.05) is 13.8 Å². The number of nitrogens with zero attached hydrogens (tertiary/aromatic N) is 4. The van der Waals surface area contributed by atoms with Crippen LogP contribution in [-0.4, -0.2) is 65.1 Å². The first-order chi connectivity index (χ1) is 25.0. The van der Waals surface area contributed by atoms with Gasteiger partial charge in [0.25, 0.3) is 11.8 Å². The monoisotopic (exact) mass is 806 g/mol. The number of carbonyl (C=O) groups is 4. The largest absolute Gasteiger partial charge is 0.302 e. The lowest BCUT2D eigenvalue weighted by atomic mass is 10.1. The standard InChI is InChI=1S/C36H34N6O4S6/c1-21-7-11-23(12-8-21)17-25-19-37-33(49-25)39-27(43)5-3-15-41-31(45)29(51-35(41)47)30-32(46)42(36(48)52-30)16-4-6-28(44)40-34-38-20-26(50-34)18-24-13-9-22(2)10-14-24/h7-14,19-20H,3-6,15-18H2,1-2H3,(H,37,39,43)(H,38,40,44). The Labute approximate surface area is 328 Å². The van der Waals surface area contributed by atoms with Crippen LogP contribution in [-0.2, 0) is 32.0 Å². The fourth-order valence-corrected chi connectivity index (χ4v) is 9.82. The smallest absolute Gasteiger partial charge is 0.267 e. The zero-order valence-corrected chi connectivity index (χ0v) is 33.2. The summed E-state index contributed by atoms with van der Waals surface area (Å²) in [4.78, 5) is 66.1. The van der Waals surface area contributed by atoms with Gasteiger partial charge in [-0.05, 0) is 37.8 Å². The van der Waals surface area contributed by atoms with Crippen molar-refractivity contribution < 1.29 is 19.2 Å².